The van der Waals surface area contributed by atoms with E-state index in [1.165, 1.54) is 11.1 Å². The molecule has 0 spiro atoms. The maximum absolute atomic E-state index is 5.60. The van der Waals surface area contributed by atoms with Gasteiger partial charge in [0.25, 0.3) is 0 Å². The summed E-state index contributed by atoms with van der Waals surface area (Å²) in [5, 5.41) is 3.67. The average molecular weight is 416 g/mol. The second-order valence-corrected chi connectivity index (χ2v) is 9.29. The molecule has 0 aromatic heterocycles. The van der Waals surface area contributed by atoms with Crippen molar-refractivity contribution in [1.29, 1.82) is 0 Å². The van der Waals surface area contributed by atoms with Crippen molar-refractivity contribution in [1.82, 2.24) is 20.0 Å². The molecular weight excluding hydrogens is 374 g/mol. The quantitative estimate of drug-likeness (QED) is 0.572. The lowest BCUT2D eigenvalue weighted by atomic mass is 9.88. The average Bonchev–Trinajstić information content (AvgIpc) is 2.76. The third-order valence-corrected chi connectivity index (χ3v) is 6.88. The maximum Gasteiger partial charge on any atom is 0.193 e. The summed E-state index contributed by atoms with van der Waals surface area (Å²) in [6.07, 6.45) is 2.13. The first-order chi connectivity index (χ1) is 14.4. The zero-order chi connectivity index (χ0) is 21.6. The normalized spacial score (nSPS) is 20.8. The zero-order valence-electron chi connectivity index (χ0n) is 19.7. The van der Waals surface area contributed by atoms with Crippen LogP contribution in [-0.4, -0.2) is 93.3 Å². The molecule has 168 valence electrons. The van der Waals surface area contributed by atoms with E-state index in [0.717, 1.165) is 71.3 Å². The van der Waals surface area contributed by atoms with Crippen LogP contribution in [0, 0.1) is 0 Å². The molecule has 3 rings (SSSR count). The molecule has 1 N–H and O–H groups in total. The fraction of sp³-hybridized carbons (Fsp3) is 0.708. The molecule has 0 aliphatic carbocycles. The highest BCUT2D eigenvalue weighted by molar-refractivity contribution is 5.80. The maximum atomic E-state index is 5.60. The third-order valence-electron chi connectivity index (χ3n) is 6.88. The van der Waals surface area contributed by atoms with Crippen molar-refractivity contribution in [3.63, 3.8) is 0 Å². The van der Waals surface area contributed by atoms with E-state index in [4.69, 9.17) is 4.74 Å². The minimum absolute atomic E-state index is 0.151. The van der Waals surface area contributed by atoms with Crippen LogP contribution in [0.15, 0.2) is 29.3 Å². The smallest absolute Gasteiger partial charge is 0.193 e. The van der Waals surface area contributed by atoms with Crippen molar-refractivity contribution in [3.05, 3.63) is 35.4 Å². The molecule has 0 radical (unpaired) electrons. The molecule has 0 saturated carbocycles. The SMILES string of the molecule is CN=C(NCC1(N(C)C)CCOCC1)N1CCN(Cc2ccc(C(C)C)cc2)CC1. The summed E-state index contributed by atoms with van der Waals surface area (Å²) in [7, 11) is 6.27. The van der Waals surface area contributed by atoms with Crippen molar-refractivity contribution in [3.8, 4) is 0 Å². The van der Waals surface area contributed by atoms with Crippen molar-refractivity contribution in [2.45, 2.75) is 44.7 Å². The van der Waals surface area contributed by atoms with Gasteiger partial charge in [-0.3, -0.25) is 9.89 Å². The molecule has 2 aliphatic rings. The lowest BCUT2D eigenvalue weighted by Crippen LogP contribution is -2.59. The number of aliphatic imine (C=N–C) groups is 1. The van der Waals surface area contributed by atoms with Crippen LogP contribution in [0.5, 0.6) is 0 Å². The summed E-state index contributed by atoms with van der Waals surface area (Å²) in [6, 6.07) is 9.13. The van der Waals surface area contributed by atoms with Gasteiger partial charge in [0.2, 0.25) is 0 Å². The molecule has 2 heterocycles. The van der Waals surface area contributed by atoms with Gasteiger partial charge in [0.05, 0.1) is 0 Å². The lowest BCUT2D eigenvalue weighted by molar-refractivity contribution is -0.00535. The van der Waals surface area contributed by atoms with Gasteiger partial charge >= 0.3 is 0 Å². The topological polar surface area (TPSA) is 43.3 Å². The minimum Gasteiger partial charge on any atom is -0.381 e. The number of ether oxygens (including phenoxy) is 1. The highest BCUT2D eigenvalue weighted by Crippen LogP contribution is 2.25. The van der Waals surface area contributed by atoms with Crippen molar-refractivity contribution in [2.24, 2.45) is 4.99 Å². The van der Waals surface area contributed by atoms with E-state index in [0.29, 0.717) is 5.92 Å². The Labute approximate surface area is 183 Å². The lowest BCUT2D eigenvalue weighted by Gasteiger charge is -2.44. The molecule has 30 heavy (non-hydrogen) atoms. The molecule has 2 saturated heterocycles. The summed E-state index contributed by atoms with van der Waals surface area (Å²) in [5.41, 5.74) is 2.97. The van der Waals surface area contributed by atoms with E-state index in [1.54, 1.807) is 0 Å². The Bertz CT molecular complexity index is 671. The number of benzene rings is 1. The van der Waals surface area contributed by atoms with E-state index in [-0.39, 0.29) is 5.54 Å². The first kappa shape index (κ1) is 23.0. The Morgan fingerprint density at radius 3 is 2.27 bits per heavy atom. The molecule has 2 aliphatic heterocycles. The highest BCUT2D eigenvalue weighted by atomic mass is 16.5. The van der Waals surface area contributed by atoms with Gasteiger partial charge < -0.3 is 19.9 Å². The number of nitrogens with one attached hydrogen (secondary N) is 1. The first-order valence-electron chi connectivity index (χ1n) is 11.5. The predicted molar refractivity (Wildman–Crippen MR) is 125 cm³/mol. The molecule has 1 aromatic rings. The van der Waals surface area contributed by atoms with E-state index in [9.17, 15) is 0 Å². The number of hydrogen-bond acceptors (Lipinski definition) is 4. The molecule has 0 bridgehead atoms. The van der Waals surface area contributed by atoms with Gasteiger partial charge in [0.15, 0.2) is 5.96 Å². The number of hydrogen-bond donors (Lipinski definition) is 1. The van der Waals surface area contributed by atoms with Gasteiger partial charge in [-0.15, -0.1) is 0 Å². The number of guanidine groups is 1. The number of likely N-dealkylation sites (N-methyl/N-ethyl adjacent to an activating group) is 1. The summed E-state index contributed by atoms with van der Waals surface area (Å²) < 4.78 is 5.60. The van der Waals surface area contributed by atoms with E-state index in [2.05, 4.69) is 77.2 Å². The molecular formula is C24H41N5O. The Morgan fingerprint density at radius 2 is 1.73 bits per heavy atom. The highest BCUT2D eigenvalue weighted by Gasteiger charge is 2.35. The molecule has 0 atom stereocenters. The zero-order valence-corrected chi connectivity index (χ0v) is 19.7. The van der Waals surface area contributed by atoms with Crippen molar-refractivity contribution < 1.29 is 4.74 Å². The van der Waals surface area contributed by atoms with Gasteiger partial charge in [-0.25, -0.2) is 0 Å². The molecule has 6 heteroatoms. The molecule has 1 aromatic carbocycles. The van der Waals surface area contributed by atoms with Crippen LogP contribution in [0.4, 0.5) is 0 Å². The Balaban J connectivity index is 1.49. The van der Waals surface area contributed by atoms with Gasteiger partial charge in [-0.05, 0) is 44.0 Å². The molecule has 6 nitrogen and oxygen atoms in total. The summed E-state index contributed by atoms with van der Waals surface area (Å²) in [4.78, 5) is 11.9. The van der Waals surface area contributed by atoms with E-state index < -0.39 is 0 Å². The fourth-order valence-corrected chi connectivity index (χ4v) is 4.49. The van der Waals surface area contributed by atoms with E-state index in [1.807, 2.05) is 7.05 Å². The van der Waals surface area contributed by atoms with Gasteiger partial charge in [0, 0.05) is 65.1 Å². The second kappa shape index (κ2) is 10.6. The Morgan fingerprint density at radius 1 is 1.10 bits per heavy atom. The minimum atomic E-state index is 0.151. The van der Waals surface area contributed by atoms with Crippen LogP contribution >= 0.6 is 0 Å². The van der Waals surface area contributed by atoms with Gasteiger partial charge in [0.1, 0.15) is 0 Å². The van der Waals surface area contributed by atoms with Gasteiger partial charge in [-0.2, -0.15) is 0 Å². The summed E-state index contributed by atoms with van der Waals surface area (Å²) in [6.45, 7) is 12.3. The third kappa shape index (κ3) is 5.74. The van der Waals surface area contributed by atoms with Crippen molar-refractivity contribution in [2.75, 3.05) is 67.1 Å². The van der Waals surface area contributed by atoms with Crippen LogP contribution < -0.4 is 5.32 Å². The molecule has 0 unspecified atom stereocenters. The van der Waals surface area contributed by atoms with Crippen LogP contribution in [0.3, 0.4) is 0 Å². The second-order valence-electron chi connectivity index (χ2n) is 9.29. The summed E-state index contributed by atoms with van der Waals surface area (Å²) >= 11 is 0. The Hall–Kier alpha value is -1.63. The van der Waals surface area contributed by atoms with Crippen LogP contribution in [0.1, 0.15) is 43.7 Å². The number of nitrogens with zero attached hydrogens (tertiary/aromatic N) is 4. The first-order valence-corrected chi connectivity index (χ1v) is 11.5. The van der Waals surface area contributed by atoms with E-state index >= 15 is 0 Å². The number of piperazine rings is 1. The Kier molecular flexibility index (Phi) is 8.14. The standard InChI is InChI=1S/C24H41N5O/c1-20(2)22-8-6-21(7-9-22)18-28-12-14-29(15-13-28)23(25-3)26-19-24(27(4)5)10-16-30-17-11-24/h6-9,20H,10-19H2,1-5H3,(H,25,26). The largest absolute Gasteiger partial charge is 0.381 e. The van der Waals surface area contributed by atoms with Crippen molar-refractivity contribution >= 4 is 5.96 Å². The monoisotopic (exact) mass is 415 g/mol. The van der Waals surface area contributed by atoms with Crippen LogP contribution in [0.2, 0.25) is 0 Å². The fourth-order valence-electron chi connectivity index (χ4n) is 4.49. The van der Waals surface area contributed by atoms with Gasteiger partial charge in [-0.1, -0.05) is 38.1 Å². The molecule has 0 amide bonds. The summed E-state index contributed by atoms with van der Waals surface area (Å²) in [5.74, 6) is 1.62. The number of rotatable bonds is 6. The molecule has 2 fully saturated rings. The van der Waals surface area contributed by atoms with Crippen LogP contribution in [-0.2, 0) is 11.3 Å². The van der Waals surface area contributed by atoms with Crippen LogP contribution in [0.25, 0.3) is 0 Å². The predicted octanol–water partition coefficient (Wildman–Crippen LogP) is 2.61.